The minimum absolute atomic E-state index is 0.0390. The van der Waals surface area contributed by atoms with Gasteiger partial charge in [-0.15, -0.1) is 0 Å². The van der Waals surface area contributed by atoms with Gasteiger partial charge in [0.05, 0.1) is 16.4 Å². The maximum absolute atomic E-state index is 13.2. The fourth-order valence-corrected chi connectivity index (χ4v) is 8.11. The van der Waals surface area contributed by atoms with Gasteiger partial charge in [-0.05, 0) is 38.3 Å². The third kappa shape index (κ3) is 4.28. The average Bonchev–Trinajstić information content (AvgIpc) is 3.35. The number of carbonyl (C=O) groups is 1. The first-order valence-electron chi connectivity index (χ1n) is 10.5. The number of rotatable bonds is 4. The molecule has 0 spiro atoms. The molecule has 3 aliphatic heterocycles. The molecule has 10 heteroatoms. The number of benzene rings is 1. The van der Waals surface area contributed by atoms with Crippen LogP contribution in [0.2, 0.25) is 0 Å². The molecule has 1 amide bonds. The summed E-state index contributed by atoms with van der Waals surface area (Å²) >= 11 is 0. The number of nitrogens with zero attached hydrogens (tertiary/aromatic N) is 3. The number of carbonyl (C=O) groups excluding carboxylic acids is 1. The fourth-order valence-electron chi connectivity index (χ4n) is 4.70. The van der Waals surface area contributed by atoms with E-state index in [0.717, 1.165) is 5.56 Å². The van der Waals surface area contributed by atoms with Crippen LogP contribution in [-0.4, -0.2) is 93.2 Å². The highest BCUT2D eigenvalue weighted by atomic mass is 32.2. The lowest BCUT2D eigenvalue weighted by Gasteiger charge is -2.39. The summed E-state index contributed by atoms with van der Waals surface area (Å²) in [5, 5.41) is 0. The standard InChI is InChI=1S/C20H29N3O5S2/c1-16-4-6-18(7-5-16)30(27,28)23-9-2-3-19(23)20(24)22-12-10-21(11-13-22)17-8-14-29(25,26)15-17/h4-7,17,19H,2-3,8-15H2,1H3/t17-,19+/m0/s1. The Balaban J connectivity index is 1.41. The number of hydrogen-bond acceptors (Lipinski definition) is 6. The van der Waals surface area contributed by atoms with Crippen molar-refractivity contribution in [2.75, 3.05) is 44.2 Å². The molecule has 0 saturated carbocycles. The molecule has 2 atom stereocenters. The monoisotopic (exact) mass is 455 g/mol. The Morgan fingerprint density at radius 1 is 1.00 bits per heavy atom. The smallest absolute Gasteiger partial charge is 0.243 e. The molecular weight excluding hydrogens is 426 g/mol. The summed E-state index contributed by atoms with van der Waals surface area (Å²) in [6.45, 7) is 4.52. The lowest BCUT2D eigenvalue weighted by Crippen LogP contribution is -2.56. The summed E-state index contributed by atoms with van der Waals surface area (Å²) in [5.74, 6) is 0.304. The average molecular weight is 456 g/mol. The molecule has 0 aromatic heterocycles. The van der Waals surface area contributed by atoms with Gasteiger partial charge in [0.25, 0.3) is 0 Å². The molecule has 0 bridgehead atoms. The second-order valence-electron chi connectivity index (χ2n) is 8.50. The Kier molecular flexibility index (Phi) is 5.95. The normalized spacial score (nSPS) is 28.1. The Morgan fingerprint density at radius 3 is 2.27 bits per heavy atom. The maximum Gasteiger partial charge on any atom is 0.243 e. The number of piperazine rings is 1. The predicted molar refractivity (Wildman–Crippen MR) is 113 cm³/mol. The van der Waals surface area contributed by atoms with Gasteiger partial charge in [0.15, 0.2) is 9.84 Å². The zero-order valence-electron chi connectivity index (χ0n) is 17.2. The molecule has 166 valence electrons. The van der Waals surface area contributed by atoms with Gasteiger partial charge in [0, 0.05) is 38.8 Å². The molecule has 0 radical (unpaired) electrons. The van der Waals surface area contributed by atoms with Gasteiger partial charge >= 0.3 is 0 Å². The topological polar surface area (TPSA) is 95.1 Å². The summed E-state index contributed by atoms with van der Waals surface area (Å²) in [4.78, 5) is 17.3. The van der Waals surface area contributed by atoms with Crippen molar-refractivity contribution in [2.45, 2.75) is 43.2 Å². The van der Waals surface area contributed by atoms with E-state index in [4.69, 9.17) is 0 Å². The molecule has 3 saturated heterocycles. The summed E-state index contributed by atoms with van der Waals surface area (Å²) in [6.07, 6.45) is 1.86. The minimum atomic E-state index is -3.72. The van der Waals surface area contributed by atoms with Crippen LogP contribution < -0.4 is 0 Å². The first-order valence-corrected chi connectivity index (χ1v) is 13.8. The van der Waals surface area contributed by atoms with Gasteiger partial charge in [-0.3, -0.25) is 9.69 Å². The van der Waals surface area contributed by atoms with E-state index in [1.165, 1.54) is 4.31 Å². The molecule has 8 nitrogen and oxygen atoms in total. The summed E-state index contributed by atoms with van der Waals surface area (Å²) in [7, 11) is -6.65. The lowest BCUT2D eigenvalue weighted by atomic mass is 10.1. The second kappa shape index (κ2) is 8.22. The molecule has 1 aromatic rings. The van der Waals surface area contributed by atoms with Crippen molar-refractivity contribution < 1.29 is 21.6 Å². The Morgan fingerprint density at radius 2 is 1.67 bits per heavy atom. The summed E-state index contributed by atoms with van der Waals surface area (Å²) in [6, 6.07) is 6.11. The molecule has 1 aromatic carbocycles. The SMILES string of the molecule is Cc1ccc(S(=O)(=O)N2CCC[C@@H]2C(=O)N2CCN([C@H]3CCS(=O)(=O)C3)CC2)cc1. The van der Waals surface area contributed by atoms with E-state index < -0.39 is 25.9 Å². The van der Waals surface area contributed by atoms with Gasteiger partial charge in [-0.25, -0.2) is 16.8 Å². The number of aryl methyl sites for hydroxylation is 1. The Hall–Kier alpha value is -1.49. The number of sulfone groups is 1. The number of sulfonamides is 1. The molecule has 3 fully saturated rings. The second-order valence-corrected chi connectivity index (χ2v) is 12.6. The van der Waals surface area contributed by atoms with Crippen molar-refractivity contribution >= 4 is 25.8 Å². The first kappa shape index (κ1) is 21.7. The highest BCUT2D eigenvalue weighted by molar-refractivity contribution is 7.91. The number of amides is 1. The predicted octanol–water partition coefficient (Wildman–Crippen LogP) is 0.479. The van der Waals surface area contributed by atoms with E-state index in [-0.39, 0.29) is 28.4 Å². The minimum Gasteiger partial charge on any atom is -0.339 e. The fraction of sp³-hybridized carbons (Fsp3) is 0.650. The van der Waals surface area contributed by atoms with Gasteiger partial charge < -0.3 is 4.90 Å². The zero-order chi connectivity index (χ0) is 21.5. The largest absolute Gasteiger partial charge is 0.339 e. The van der Waals surface area contributed by atoms with Crippen molar-refractivity contribution in [2.24, 2.45) is 0 Å². The molecule has 0 unspecified atom stereocenters. The molecular formula is C20H29N3O5S2. The van der Waals surface area contributed by atoms with Crippen molar-refractivity contribution in [3.63, 3.8) is 0 Å². The lowest BCUT2D eigenvalue weighted by molar-refractivity contribution is -0.136. The van der Waals surface area contributed by atoms with E-state index in [9.17, 15) is 21.6 Å². The quantitative estimate of drug-likeness (QED) is 0.655. The van der Waals surface area contributed by atoms with Crippen LogP contribution in [-0.2, 0) is 24.7 Å². The van der Waals surface area contributed by atoms with Crippen molar-refractivity contribution in [3.8, 4) is 0 Å². The molecule has 3 aliphatic rings. The van der Waals surface area contributed by atoms with Gasteiger partial charge in [0.2, 0.25) is 15.9 Å². The molecule has 3 heterocycles. The third-order valence-corrected chi connectivity index (χ3v) is 10.1. The van der Waals surface area contributed by atoms with Crippen molar-refractivity contribution in [1.82, 2.24) is 14.1 Å². The molecule has 0 aliphatic carbocycles. The highest BCUT2D eigenvalue weighted by Gasteiger charge is 2.42. The van der Waals surface area contributed by atoms with Crippen LogP contribution >= 0.6 is 0 Å². The molecule has 30 heavy (non-hydrogen) atoms. The zero-order valence-corrected chi connectivity index (χ0v) is 18.9. The first-order chi connectivity index (χ1) is 14.2. The third-order valence-electron chi connectivity index (χ3n) is 6.47. The van der Waals surface area contributed by atoms with E-state index >= 15 is 0 Å². The molecule has 0 N–H and O–H groups in total. The summed E-state index contributed by atoms with van der Waals surface area (Å²) in [5.41, 5.74) is 0.982. The Labute approximate surface area is 178 Å². The Bertz CT molecular complexity index is 999. The van der Waals surface area contributed by atoms with Crippen LogP contribution in [0, 0.1) is 6.92 Å². The maximum atomic E-state index is 13.2. The van der Waals surface area contributed by atoms with E-state index in [0.29, 0.717) is 52.0 Å². The van der Waals surface area contributed by atoms with Crippen LogP contribution in [0.25, 0.3) is 0 Å². The van der Waals surface area contributed by atoms with E-state index in [1.807, 2.05) is 6.92 Å². The number of hydrogen-bond donors (Lipinski definition) is 0. The van der Waals surface area contributed by atoms with Crippen LogP contribution in [0.3, 0.4) is 0 Å². The summed E-state index contributed by atoms with van der Waals surface area (Å²) < 4.78 is 51.1. The van der Waals surface area contributed by atoms with Crippen LogP contribution in [0.5, 0.6) is 0 Å². The highest BCUT2D eigenvalue weighted by Crippen LogP contribution is 2.28. The van der Waals surface area contributed by atoms with Gasteiger partial charge in [0.1, 0.15) is 6.04 Å². The van der Waals surface area contributed by atoms with Crippen molar-refractivity contribution in [1.29, 1.82) is 0 Å². The van der Waals surface area contributed by atoms with Gasteiger partial charge in [-0.2, -0.15) is 4.31 Å². The molecule has 4 rings (SSSR count). The van der Waals surface area contributed by atoms with Crippen LogP contribution in [0.15, 0.2) is 29.2 Å². The van der Waals surface area contributed by atoms with Crippen LogP contribution in [0.4, 0.5) is 0 Å². The van der Waals surface area contributed by atoms with E-state index in [2.05, 4.69) is 4.90 Å². The van der Waals surface area contributed by atoms with Crippen LogP contribution in [0.1, 0.15) is 24.8 Å². The van der Waals surface area contributed by atoms with Crippen molar-refractivity contribution in [3.05, 3.63) is 29.8 Å². The van der Waals surface area contributed by atoms with Gasteiger partial charge in [-0.1, -0.05) is 17.7 Å². The van der Waals surface area contributed by atoms with E-state index in [1.54, 1.807) is 29.2 Å².